The fourth-order valence-electron chi connectivity index (χ4n) is 3.24. The summed E-state index contributed by atoms with van der Waals surface area (Å²) >= 11 is 7.56. The molecule has 1 amide bonds. The number of fused-ring (bicyclic) bond motifs is 1. The van der Waals surface area contributed by atoms with E-state index in [-0.39, 0.29) is 5.91 Å². The number of methoxy groups -OCH3 is 1. The van der Waals surface area contributed by atoms with Crippen molar-refractivity contribution in [3.8, 4) is 17.0 Å². The number of carbonyl (C=O) groups is 1. The van der Waals surface area contributed by atoms with Crippen LogP contribution in [0.5, 0.6) is 5.75 Å². The van der Waals surface area contributed by atoms with Crippen LogP contribution in [0.1, 0.15) is 17.7 Å². The average Bonchev–Trinajstić information content (AvgIpc) is 3.34. The van der Waals surface area contributed by atoms with Gasteiger partial charge in [-0.25, -0.2) is 4.98 Å². The van der Waals surface area contributed by atoms with Crippen molar-refractivity contribution in [2.24, 2.45) is 0 Å². The number of thiazole rings is 1. The maximum Gasteiger partial charge on any atom is 0.220 e. The second-order valence-electron chi connectivity index (χ2n) is 6.96. The summed E-state index contributed by atoms with van der Waals surface area (Å²) in [5, 5.41) is 5.78. The first-order valence-corrected chi connectivity index (χ1v) is 11.0. The van der Waals surface area contributed by atoms with Crippen LogP contribution in [0.15, 0.2) is 60.1 Å². The molecular weight excluding hydrogens is 418 g/mol. The van der Waals surface area contributed by atoms with E-state index in [1.54, 1.807) is 18.4 Å². The Morgan fingerprint density at radius 2 is 1.90 bits per heavy atom. The minimum atomic E-state index is 0.0564. The Kier molecular flexibility index (Phi) is 6.35. The summed E-state index contributed by atoms with van der Waals surface area (Å²) in [5.74, 6) is 0.893. The lowest BCUT2D eigenvalue weighted by atomic mass is 10.1. The first kappa shape index (κ1) is 20.4. The lowest BCUT2D eigenvalue weighted by molar-refractivity contribution is -0.121. The highest BCUT2D eigenvalue weighted by molar-refractivity contribution is 7.15. The minimum absolute atomic E-state index is 0.0564. The number of aryl methyl sites for hydroxylation is 1. The van der Waals surface area contributed by atoms with E-state index in [1.807, 2.05) is 54.7 Å². The monoisotopic (exact) mass is 439 g/mol. The zero-order chi connectivity index (χ0) is 20.9. The van der Waals surface area contributed by atoms with E-state index in [0.29, 0.717) is 24.4 Å². The van der Waals surface area contributed by atoms with Gasteiger partial charge in [0.05, 0.1) is 12.8 Å². The summed E-state index contributed by atoms with van der Waals surface area (Å²) in [4.78, 5) is 17.9. The van der Waals surface area contributed by atoms with Crippen molar-refractivity contribution >= 4 is 33.8 Å². The predicted molar refractivity (Wildman–Crippen MR) is 122 cm³/mol. The SMILES string of the molecule is COc1ccc(CCNC(=O)CCc2csc3nc(-c4ccc(Cl)cc4)cn23)cc1. The van der Waals surface area contributed by atoms with Crippen molar-refractivity contribution in [2.45, 2.75) is 19.3 Å². The van der Waals surface area contributed by atoms with Crippen molar-refractivity contribution in [3.63, 3.8) is 0 Å². The molecular formula is C23H22ClN3O2S. The Hall–Kier alpha value is -2.83. The molecule has 0 saturated heterocycles. The summed E-state index contributed by atoms with van der Waals surface area (Å²) < 4.78 is 7.23. The van der Waals surface area contributed by atoms with Gasteiger partial charge in [-0.05, 0) is 42.7 Å². The molecule has 0 spiro atoms. The highest BCUT2D eigenvalue weighted by Gasteiger charge is 2.11. The van der Waals surface area contributed by atoms with Gasteiger partial charge in [0, 0.05) is 40.8 Å². The highest BCUT2D eigenvalue weighted by atomic mass is 35.5. The number of hydrogen-bond donors (Lipinski definition) is 1. The Balaban J connectivity index is 1.30. The predicted octanol–water partition coefficient (Wildman–Crippen LogP) is 5.02. The van der Waals surface area contributed by atoms with E-state index >= 15 is 0 Å². The third kappa shape index (κ3) is 4.83. The maximum absolute atomic E-state index is 12.3. The highest BCUT2D eigenvalue weighted by Crippen LogP contribution is 2.25. The summed E-state index contributed by atoms with van der Waals surface area (Å²) in [6.07, 6.45) is 3.93. The Bertz CT molecular complexity index is 1130. The Labute approximate surface area is 184 Å². The molecule has 0 unspecified atom stereocenters. The van der Waals surface area contributed by atoms with Crippen molar-refractivity contribution in [3.05, 3.63) is 76.4 Å². The smallest absolute Gasteiger partial charge is 0.220 e. The summed E-state index contributed by atoms with van der Waals surface area (Å²) in [6.45, 7) is 0.621. The van der Waals surface area contributed by atoms with E-state index in [9.17, 15) is 4.79 Å². The number of hydrogen-bond acceptors (Lipinski definition) is 4. The van der Waals surface area contributed by atoms with Crippen molar-refractivity contribution in [1.82, 2.24) is 14.7 Å². The Morgan fingerprint density at radius 3 is 2.63 bits per heavy atom. The Morgan fingerprint density at radius 1 is 1.13 bits per heavy atom. The van der Waals surface area contributed by atoms with Crippen molar-refractivity contribution < 1.29 is 9.53 Å². The van der Waals surface area contributed by atoms with Gasteiger partial charge in [0.15, 0.2) is 4.96 Å². The molecule has 1 N–H and O–H groups in total. The third-order valence-electron chi connectivity index (χ3n) is 4.93. The fraction of sp³-hybridized carbons (Fsp3) is 0.217. The van der Waals surface area contributed by atoms with Gasteiger partial charge in [0.2, 0.25) is 5.91 Å². The molecule has 7 heteroatoms. The average molecular weight is 440 g/mol. The first-order chi connectivity index (χ1) is 14.6. The molecule has 0 fully saturated rings. The normalized spacial score (nSPS) is 11.0. The molecule has 5 nitrogen and oxygen atoms in total. The van der Waals surface area contributed by atoms with Crippen LogP contribution in [-0.2, 0) is 17.6 Å². The number of carbonyl (C=O) groups excluding carboxylic acids is 1. The van der Waals surface area contributed by atoms with Crippen molar-refractivity contribution in [2.75, 3.05) is 13.7 Å². The largest absolute Gasteiger partial charge is 0.497 e. The standard InChI is InChI=1S/C23H22ClN3O2S/c1-29-20-9-2-16(3-10-20)12-13-25-22(28)11-8-19-15-30-23-26-21(14-27(19)23)17-4-6-18(24)7-5-17/h2-7,9-10,14-15H,8,11-13H2,1H3,(H,25,28). The van der Waals surface area contributed by atoms with Crippen LogP contribution in [-0.4, -0.2) is 28.9 Å². The molecule has 30 heavy (non-hydrogen) atoms. The molecule has 0 saturated carbocycles. The summed E-state index contributed by atoms with van der Waals surface area (Å²) in [5.41, 5.74) is 4.19. The number of nitrogens with zero attached hydrogens (tertiary/aromatic N) is 2. The second kappa shape index (κ2) is 9.32. The van der Waals surface area contributed by atoms with Gasteiger partial charge in [-0.15, -0.1) is 11.3 Å². The zero-order valence-corrected chi connectivity index (χ0v) is 18.2. The second-order valence-corrected chi connectivity index (χ2v) is 8.23. The van der Waals surface area contributed by atoms with Gasteiger partial charge in [-0.2, -0.15) is 0 Å². The fourth-order valence-corrected chi connectivity index (χ4v) is 4.27. The summed E-state index contributed by atoms with van der Waals surface area (Å²) in [6, 6.07) is 15.6. The number of rotatable bonds is 8. The maximum atomic E-state index is 12.3. The summed E-state index contributed by atoms with van der Waals surface area (Å²) in [7, 11) is 1.65. The molecule has 0 atom stereocenters. The topological polar surface area (TPSA) is 55.6 Å². The van der Waals surface area contributed by atoms with Crippen LogP contribution in [0.4, 0.5) is 0 Å². The van der Waals surface area contributed by atoms with Gasteiger partial charge < -0.3 is 10.1 Å². The number of nitrogens with one attached hydrogen (secondary N) is 1. The van der Waals surface area contributed by atoms with Gasteiger partial charge >= 0.3 is 0 Å². The molecule has 0 aliphatic heterocycles. The van der Waals surface area contributed by atoms with Gasteiger partial charge in [0.1, 0.15) is 5.75 Å². The number of amides is 1. The first-order valence-electron chi connectivity index (χ1n) is 9.73. The van der Waals surface area contributed by atoms with Crippen LogP contribution in [0.2, 0.25) is 5.02 Å². The van der Waals surface area contributed by atoms with Crippen LogP contribution < -0.4 is 10.1 Å². The number of benzene rings is 2. The van der Waals surface area contributed by atoms with E-state index in [1.165, 1.54) is 5.56 Å². The van der Waals surface area contributed by atoms with E-state index in [0.717, 1.165) is 34.1 Å². The molecule has 4 rings (SSSR count). The van der Waals surface area contributed by atoms with Gasteiger partial charge in [-0.3, -0.25) is 9.20 Å². The molecule has 2 heterocycles. The minimum Gasteiger partial charge on any atom is -0.497 e. The number of ether oxygens (including phenoxy) is 1. The zero-order valence-electron chi connectivity index (χ0n) is 16.6. The van der Waals surface area contributed by atoms with Gasteiger partial charge in [-0.1, -0.05) is 35.9 Å². The van der Waals surface area contributed by atoms with E-state index < -0.39 is 0 Å². The lowest BCUT2D eigenvalue weighted by Gasteiger charge is -2.06. The molecule has 0 aliphatic rings. The molecule has 2 aromatic carbocycles. The molecule has 0 bridgehead atoms. The van der Waals surface area contributed by atoms with Crippen molar-refractivity contribution in [1.29, 1.82) is 0 Å². The van der Waals surface area contributed by atoms with Crippen LogP contribution in [0.25, 0.3) is 16.2 Å². The quantitative estimate of drug-likeness (QED) is 0.419. The number of imidazole rings is 1. The molecule has 4 aromatic rings. The molecule has 2 aromatic heterocycles. The van der Waals surface area contributed by atoms with E-state index in [2.05, 4.69) is 20.1 Å². The molecule has 0 radical (unpaired) electrons. The van der Waals surface area contributed by atoms with Crippen LogP contribution in [0.3, 0.4) is 0 Å². The lowest BCUT2D eigenvalue weighted by Crippen LogP contribution is -2.26. The molecule has 154 valence electrons. The number of halogens is 1. The van der Waals surface area contributed by atoms with Crippen LogP contribution >= 0.6 is 22.9 Å². The van der Waals surface area contributed by atoms with Crippen LogP contribution in [0, 0.1) is 0 Å². The molecule has 0 aliphatic carbocycles. The van der Waals surface area contributed by atoms with Gasteiger partial charge in [0.25, 0.3) is 0 Å². The third-order valence-corrected chi connectivity index (χ3v) is 6.07. The number of aromatic nitrogens is 2. The van der Waals surface area contributed by atoms with E-state index in [4.69, 9.17) is 16.3 Å².